The summed E-state index contributed by atoms with van der Waals surface area (Å²) in [4.78, 5) is 30.2. The van der Waals surface area contributed by atoms with E-state index in [2.05, 4.69) is 20.0 Å². The molecule has 1 N–H and O–H groups in total. The maximum Gasteiger partial charge on any atom is 0.373 e. The molecule has 0 radical (unpaired) electrons. The van der Waals surface area contributed by atoms with Gasteiger partial charge in [0.1, 0.15) is 12.1 Å². The van der Waals surface area contributed by atoms with Crippen LogP contribution in [0.4, 0.5) is 17.2 Å². The number of nitro groups is 1. The molecule has 0 fully saturated rings. The molecule has 0 aliphatic rings. The number of halogens is 2. The van der Waals surface area contributed by atoms with Gasteiger partial charge in [0.25, 0.3) is 0 Å². The first kappa shape index (κ1) is 20.3. The summed E-state index contributed by atoms with van der Waals surface area (Å²) in [5.74, 6) is -0.715. The normalized spacial score (nSPS) is 10.3. The number of benzene rings is 2. The SMILES string of the molecule is COC(=O)c1ccc(Oc2ncnc(Nc3cccc(Cl)c3Cl)c2[N+](=O)[O-])cc1. The van der Waals surface area contributed by atoms with E-state index in [-0.39, 0.29) is 27.5 Å². The molecule has 29 heavy (non-hydrogen) atoms. The highest BCUT2D eigenvalue weighted by molar-refractivity contribution is 6.43. The Balaban J connectivity index is 1.94. The van der Waals surface area contributed by atoms with E-state index in [4.69, 9.17) is 27.9 Å². The second kappa shape index (κ2) is 8.72. The molecule has 1 heterocycles. The van der Waals surface area contributed by atoms with Gasteiger partial charge in [0.2, 0.25) is 5.82 Å². The summed E-state index contributed by atoms with van der Waals surface area (Å²) in [6, 6.07) is 10.6. The number of esters is 1. The summed E-state index contributed by atoms with van der Waals surface area (Å²) in [5, 5.41) is 14.9. The smallest absolute Gasteiger partial charge is 0.373 e. The van der Waals surface area contributed by atoms with E-state index in [9.17, 15) is 14.9 Å². The van der Waals surface area contributed by atoms with Gasteiger partial charge in [0.15, 0.2) is 0 Å². The molecule has 0 bridgehead atoms. The zero-order chi connectivity index (χ0) is 21.0. The van der Waals surface area contributed by atoms with Gasteiger partial charge in [-0.1, -0.05) is 29.3 Å². The molecule has 9 nitrogen and oxygen atoms in total. The van der Waals surface area contributed by atoms with Crippen molar-refractivity contribution < 1.29 is 19.2 Å². The van der Waals surface area contributed by atoms with Crippen LogP contribution in [0.25, 0.3) is 0 Å². The molecule has 3 aromatic rings. The van der Waals surface area contributed by atoms with Crippen molar-refractivity contribution in [1.82, 2.24) is 9.97 Å². The minimum Gasteiger partial charge on any atom is -0.465 e. The number of ether oxygens (including phenoxy) is 2. The van der Waals surface area contributed by atoms with Crippen molar-refractivity contribution in [2.75, 3.05) is 12.4 Å². The molecule has 1 aromatic heterocycles. The standard InChI is InChI=1S/C18H12Cl2N4O5/c1-28-18(25)10-5-7-11(8-6-10)29-17-15(24(26)27)16(21-9-22-17)23-13-4-2-3-12(19)14(13)20/h2-9H,1H3,(H,21,22,23). The van der Waals surface area contributed by atoms with Crippen LogP contribution in [0.15, 0.2) is 48.8 Å². The molecule has 0 amide bonds. The van der Waals surface area contributed by atoms with E-state index >= 15 is 0 Å². The van der Waals surface area contributed by atoms with E-state index < -0.39 is 16.6 Å². The summed E-state index contributed by atoms with van der Waals surface area (Å²) in [5.41, 5.74) is 0.130. The van der Waals surface area contributed by atoms with Crippen LogP contribution >= 0.6 is 23.2 Å². The van der Waals surface area contributed by atoms with Gasteiger partial charge in [0.05, 0.1) is 33.3 Å². The Morgan fingerprint density at radius 3 is 2.52 bits per heavy atom. The molecule has 11 heteroatoms. The van der Waals surface area contributed by atoms with E-state index in [1.165, 1.54) is 31.4 Å². The lowest BCUT2D eigenvalue weighted by molar-refractivity contribution is -0.385. The van der Waals surface area contributed by atoms with Crippen molar-refractivity contribution >= 4 is 46.4 Å². The van der Waals surface area contributed by atoms with Crippen LogP contribution in [0.1, 0.15) is 10.4 Å². The Hall–Kier alpha value is -3.43. The van der Waals surface area contributed by atoms with Crippen LogP contribution < -0.4 is 10.1 Å². The third-order valence-corrected chi connectivity index (χ3v) is 4.48. The van der Waals surface area contributed by atoms with Crippen LogP contribution in [-0.2, 0) is 4.74 Å². The Morgan fingerprint density at radius 1 is 1.14 bits per heavy atom. The molecule has 148 valence electrons. The lowest BCUT2D eigenvalue weighted by Crippen LogP contribution is -2.04. The number of rotatable bonds is 6. The summed E-state index contributed by atoms with van der Waals surface area (Å²) >= 11 is 12.1. The quantitative estimate of drug-likeness (QED) is 0.326. The highest BCUT2D eigenvalue weighted by Gasteiger charge is 2.26. The van der Waals surface area contributed by atoms with Gasteiger partial charge >= 0.3 is 17.5 Å². The number of nitrogens with one attached hydrogen (secondary N) is 1. The number of carbonyl (C=O) groups is 1. The Bertz CT molecular complexity index is 1080. The summed E-state index contributed by atoms with van der Waals surface area (Å²) < 4.78 is 10.1. The second-order valence-corrected chi connectivity index (χ2v) is 6.26. The van der Waals surface area contributed by atoms with Gasteiger partial charge in [-0.2, -0.15) is 4.98 Å². The first-order chi connectivity index (χ1) is 13.9. The maximum absolute atomic E-state index is 11.6. The average molecular weight is 435 g/mol. The Morgan fingerprint density at radius 2 is 1.86 bits per heavy atom. The molecular weight excluding hydrogens is 423 g/mol. The Kier molecular flexibility index (Phi) is 6.10. The maximum atomic E-state index is 11.6. The predicted octanol–water partition coefficient (Wildman–Crippen LogP) is 5.01. The largest absolute Gasteiger partial charge is 0.465 e. The first-order valence-electron chi connectivity index (χ1n) is 7.97. The molecule has 0 saturated heterocycles. The number of methoxy groups -OCH3 is 1. The van der Waals surface area contributed by atoms with E-state index in [1.807, 2.05) is 0 Å². The molecule has 0 aliphatic carbocycles. The molecular formula is C18H12Cl2N4O5. The number of hydrogen-bond donors (Lipinski definition) is 1. The number of aromatic nitrogens is 2. The molecule has 0 saturated carbocycles. The van der Waals surface area contributed by atoms with Gasteiger partial charge in [-0.05, 0) is 36.4 Å². The van der Waals surface area contributed by atoms with Crippen LogP contribution in [-0.4, -0.2) is 28.0 Å². The minimum absolute atomic E-state index is 0.129. The Labute approximate surface area is 174 Å². The van der Waals surface area contributed by atoms with Crippen molar-refractivity contribution in [2.24, 2.45) is 0 Å². The van der Waals surface area contributed by atoms with E-state index in [0.717, 1.165) is 6.33 Å². The average Bonchev–Trinajstić information content (AvgIpc) is 2.71. The topological polar surface area (TPSA) is 116 Å². The highest BCUT2D eigenvalue weighted by atomic mass is 35.5. The monoisotopic (exact) mass is 434 g/mol. The van der Waals surface area contributed by atoms with Crippen LogP contribution in [0.5, 0.6) is 11.6 Å². The van der Waals surface area contributed by atoms with Gasteiger partial charge in [-0.3, -0.25) is 10.1 Å². The summed E-state index contributed by atoms with van der Waals surface area (Å²) in [6.07, 6.45) is 1.10. The third kappa shape index (κ3) is 4.53. The van der Waals surface area contributed by atoms with Crippen LogP contribution in [0, 0.1) is 10.1 Å². The van der Waals surface area contributed by atoms with Crippen LogP contribution in [0.3, 0.4) is 0 Å². The van der Waals surface area contributed by atoms with Crippen molar-refractivity contribution in [1.29, 1.82) is 0 Å². The predicted molar refractivity (Wildman–Crippen MR) is 106 cm³/mol. The molecule has 2 aromatic carbocycles. The van der Waals surface area contributed by atoms with Gasteiger partial charge < -0.3 is 14.8 Å². The van der Waals surface area contributed by atoms with E-state index in [0.29, 0.717) is 11.3 Å². The third-order valence-electron chi connectivity index (χ3n) is 3.67. The van der Waals surface area contributed by atoms with E-state index in [1.54, 1.807) is 18.2 Å². The zero-order valence-electron chi connectivity index (χ0n) is 14.8. The fourth-order valence-corrected chi connectivity index (χ4v) is 2.66. The lowest BCUT2D eigenvalue weighted by Gasteiger charge is -2.11. The molecule has 0 spiro atoms. The summed E-state index contributed by atoms with van der Waals surface area (Å²) in [7, 11) is 1.26. The van der Waals surface area contributed by atoms with Crippen molar-refractivity contribution in [3.63, 3.8) is 0 Å². The zero-order valence-corrected chi connectivity index (χ0v) is 16.3. The first-order valence-corrected chi connectivity index (χ1v) is 8.73. The van der Waals surface area contributed by atoms with Crippen molar-refractivity contribution in [3.05, 3.63) is 74.5 Å². The fourth-order valence-electron chi connectivity index (χ4n) is 2.31. The van der Waals surface area contributed by atoms with Crippen molar-refractivity contribution in [2.45, 2.75) is 0 Å². The van der Waals surface area contributed by atoms with Crippen molar-refractivity contribution in [3.8, 4) is 11.6 Å². The molecule has 0 aliphatic heterocycles. The number of anilines is 2. The minimum atomic E-state index is -0.682. The number of hydrogen-bond acceptors (Lipinski definition) is 8. The fraction of sp³-hybridized carbons (Fsp3) is 0.0556. The molecule has 3 rings (SSSR count). The lowest BCUT2D eigenvalue weighted by atomic mass is 10.2. The number of carbonyl (C=O) groups excluding carboxylic acids is 1. The van der Waals surface area contributed by atoms with Crippen LogP contribution in [0.2, 0.25) is 10.0 Å². The summed E-state index contributed by atoms with van der Waals surface area (Å²) in [6.45, 7) is 0. The van der Waals surface area contributed by atoms with Gasteiger partial charge in [-0.15, -0.1) is 0 Å². The van der Waals surface area contributed by atoms with Gasteiger partial charge in [-0.25, -0.2) is 9.78 Å². The van der Waals surface area contributed by atoms with Gasteiger partial charge in [0, 0.05) is 0 Å². The molecule has 0 unspecified atom stereocenters. The number of nitrogens with zero attached hydrogens (tertiary/aromatic N) is 3. The highest BCUT2D eigenvalue weighted by Crippen LogP contribution is 2.38. The molecule has 0 atom stereocenters. The second-order valence-electron chi connectivity index (χ2n) is 5.48.